The molecule has 1 aliphatic heterocycles. The first kappa shape index (κ1) is 12.5. The second kappa shape index (κ2) is 6.12. The van der Waals surface area contributed by atoms with E-state index in [0.29, 0.717) is 12.1 Å². The lowest BCUT2D eigenvalue weighted by Gasteiger charge is -2.20. The average molecular weight is 237 g/mol. The average Bonchev–Trinajstić information content (AvgIpc) is 2.96. The van der Waals surface area contributed by atoms with Crippen LogP contribution in [0.4, 0.5) is 0 Å². The van der Waals surface area contributed by atoms with E-state index in [4.69, 9.17) is 0 Å². The van der Waals surface area contributed by atoms with Gasteiger partial charge in [-0.25, -0.2) is 4.98 Å². The molecule has 17 heavy (non-hydrogen) atoms. The van der Waals surface area contributed by atoms with E-state index in [1.54, 1.807) is 6.33 Å². The Morgan fingerprint density at radius 1 is 1.59 bits per heavy atom. The predicted octanol–water partition coefficient (Wildman–Crippen LogP) is 0.810. The summed E-state index contributed by atoms with van der Waals surface area (Å²) in [6.45, 7) is 8.04. The Labute approximate surface area is 103 Å². The highest BCUT2D eigenvalue weighted by Gasteiger charge is 2.23. The minimum absolute atomic E-state index is 0.673. The van der Waals surface area contributed by atoms with Crippen molar-refractivity contribution in [1.82, 2.24) is 25.4 Å². The maximum Gasteiger partial charge on any atom is 0.137 e. The monoisotopic (exact) mass is 237 g/mol. The molecule has 1 atom stereocenters. The molecule has 1 aromatic rings. The normalized spacial score (nSPS) is 21.5. The molecule has 0 saturated carbocycles. The third-order valence-corrected chi connectivity index (χ3v) is 3.44. The van der Waals surface area contributed by atoms with Crippen LogP contribution in [-0.2, 0) is 6.42 Å². The minimum atomic E-state index is 0.673. The summed E-state index contributed by atoms with van der Waals surface area (Å²) >= 11 is 0. The fourth-order valence-electron chi connectivity index (χ4n) is 2.34. The smallest absolute Gasteiger partial charge is 0.137 e. The molecule has 1 saturated heterocycles. The molecule has 0 bridgehead atoms. The second-order valence-corrected chi connectivity index (χ2v) is 5.06. The lowest BCUT2D eigenvalue weighted by Crippen LogP contribution is -2.35. The zero-order valence-corrected chi connectivity index (χ0v) is 10.8. The van der Waals surface area contributed by atoms with Crippen LogP contribution >= 0.6 is 0 Å². The first-order chi connectivity index (χ1) is 8.25. The van der Waals surface area contributed by atoms with E-state index in [1.807, 2.05) is 0 Å². The molecule has 2 N–H and O–H groups in total. The zero-order chi connectivity index (χ0) is 12.1. The van der Waals surface area contributed by atoms with Gasteiger partial charge in [0.2, 0.25) is 0 Å². The highest BCUT2D eigenvalue weighted by atomic mass is 15.2. The number of aryl methyl sites for hydroxylation is 1. The van der Waals surface area contributed by atoms with Crippen LogP contribution in [0.15, 0.2) is 6.33 Å². The Morgan fingerprint density at radius 2 is 2.47 bits per heavy atom. The molecule has 1 fully saturated rings. The summed E-state index contributed by atoms with van der Waals surface area (Å²) in [5, 5.41) is 10.4. The largest absolute Gasteiger partial charge is 0.313 e. The highest BCUT2D eigenvalue weighted by molar-refractivity contribution is 4.84. The van der Waals surface area contributed by atoms with Crippen molar-refractivity contribution < 1.29 is 0 Å². The number of nitrogens with one attached hydrogen (secondary N) is 2. The lowest BCUT2D eigenvalue weighted by atomic mass is 10.2. The highest BCUT2D eigenvalue weighted by Crippen LogP contribution is 2.12. The molecular weight excluding hydrogens is 214 g/mol. The number of hydrogen-bond donors (Lipinski definition) is 2. The summed E-state index contributed by atoms with van der Waals surface area (Å²) in [4.78, 5) is 6.65. The molecule has 2 heterocycles. The van der Waals surface area contributed by atoms with Gasteiger partial charge in [-0.15, -0.1) is 0 Å². The van der Waals surface area contributed by atoms with Crippen LogP contribution in [-0.4, -0.2) is 51.8 Å². The molecule has 1 aliphatic rings. The van der Waals surface area contributed by atoms with Gasteiger partial charge in [-0.05, 0) is 39.8 Å². The third-order valence-electron chi connectivity index (χ3n) is 3.44. The quantitative estimate of drug-likeness (QED) is 0.719. The van der Waals surface area contributed by atoms with Crippen molar-refractivity contribution in [2.24, 2.45) is 0 Å². The molecule has 0 aliphatic carbocycles. The van der Waals surface area contributed by atoms with Crippen molar-refractivity contribution in [2.45, 2.75) is 45.2 Å². The molecule has 5 heteroatoms. The number of aromatic nitrogens is 3. The summed E-state index contributed by atoms with van der Waals surface area (Å²) in [5.74, 6) is 0.988. The van der Waals surface area contributed by atoms with Crippen molar-refractivity contribution in [1.29, 1.82) is 0 Å². The second-order valence-electron chi connectivity index (χ2n) is 5.06. The van der Waals surface area contributed by atoms with Crippen molar-refractivity contribution in [3.8, 4) is 0 Å². The van der Waals surface area contributed by atoms with E-state index < -0.39 is 0 Å². The molecular formula is C12H23N5. The van der Waals surface area contributed by atoms with Gasteiger partial charge in [-0.2, -0.15) is 5.10 Å². The Balaban J connectivity index is 1.57. The van der Waals surface area contributed by atoms with E-state index in [1.165, 1.54) is 19.5 Å². The van der Waals surface area contributed by atoms with E-state index in [2.05, 4.69) is 39.2 Å². The molecule has 5 nitrogen and oxygen atoms in total. The molecule has 0 spiro atoms. The van der Waals surface area contributed by atoms with Crippen LogP contribution in [0.5, 0.6) is 0 Å². The van der Waals surface area contributed by atoms with E-state index in [9.17, 15) is 0 Å². The van der Waals surface area contributed by atoms with Gasteiger partial charge in [0.05, 0.1) is 0 Å². The van der Waals surface area contributed by atoms with Gasteiger partial charge in [0.25, 0.3) is 0 Å². The number of aromatic amines is 1. The molecule has 2 rings (SSSR count). The summed E-state index contributed by atoms with van der Waals surface area (Å²) in [5.41, 5.74) is 0. The van der Waals surface area contributed by atoms with Crippen LogP contribution < -0.4 is 5.32 Å². The van der Waals surface area contributed by atoms with E-state index in [0.717, 1.165) is 25.2 Å². The number of hydrogen-bond acceptors (Lipinski definition) is 4. The van der Waals surface area contributed by atoms with Gasteiger partial charge in [0, 0.05) is 25.0 Å². The SMILES string of the molecule is CC(C)N1CCC(NCCCc2ncn[nH]2)C1. The van der Waals surface area contributed by atoms with Gasteiger partial charge >= 0.3 is 0 Å². The lowest BCUT2D eigenvalue weighted by molar-refractivity contribution is 0.268. The Bertz CT molecular complexity index is 309. The molecule has 96 valence electrons. The topological polar surface area (TPSA) is 56.8 Å². The number of likely N-dealkylation sites (tertiary alicyclic amines) is 1. The summed E-state index contributed by atoms with van der Waals surface area (Å²) in [6, 6.07) is 1.35. The number of nitrogens with zero attached hydrogens (tertiary/aromatic N) is 3. The van der Waals surface area contributed by atoms with Crippen LogP contribution in [0.25, 0.3) is 0 Å². The van der Waals surface area contributed by atoms with E-state index >= 15 is 0 Å². The predicted molar refractivity (Wildman–Crippen MR) is 67.8 cm³/mol. The van der Waals surface area contributed by atoms with Crippen LogP contribution in [0.2, 0.25) is 0 Å². The maximum absolute atomic E-state index is 4.12. The molecule has 1 unspecified atom stereocenters. The number of H-pyrrole nitrogens is 1. The van der Waals surface area contributed by atoms with Gasteiger partial charge < -0.3 is 5.32 Å². The maximum atomic E-state index is 4.12. The molecule has 0 radical (unpaired) electrons. The van der Waals surface area contributed by atoms with Crippen molar-refractivity contribution in [2.75, 3.05) is 19.6 Å². The summed E-state index contributed by atoms with van der Waals surface area (Å²) < 4.78 is 0. The van der Waals surface area contributed by atoms with Gasteiger partial charge in [-0.1, -0.05) is 0 Å². The first-order valence-corrected chi connectivity index (χ1v) is 6.57. The Morgan fingerprint density at radius 3 is 3.12 bits per heavy atom. The number of rotatable bonds is 6. The standard InChI is InChI=1S/C12H23N5/c1-10(2)17-7-5-11(8-17)13-6-3-4-12-14-9-15-16-12/h9-11,13H,3-8H2,1-2H3,(H,14,15,16). The fourth-order valence-corrected chi connectivity index (χ4v) is 2.34. The van der Waals surface area contributed by atoms with Crippen molar-refractivity contribution in [3.05, 3.63) is 12.2 Å². The molecule has 0 amide bonds. The van der Waals surface area contributed by atoms with E-state index in [-0.39, 0.29) is 0 Å². The Kier molecular flexibility index (Phi) is 4.50. The summed E-state index contributed by atoms with van der Waals surface area (Å²) in [6.07, 6.45) is 4.95. The van der Waals surface area contributed by atoms with Gasteiger partial charge in [-0.3, -0.25) is 10.00 Å². The fraction of sp³-hybridized carbons (Fsp3) is 0.833. The van der Waals surface area contributed by atoms with Crippen LogP contribution in [0, 0.1) is 0 Å². The molecule has 1 aromatic heterocycles. The molecule has 0 aromatic carbocycles. The van der Waals surface area contributed by atoms with Crippen molar-refractivity contribution in [3.63, 3.8) is 0 Å². The van der Waals surface area contributed by atoms with Crippen LogP contribution in [0.3, 0.4) is 0 Å². The summed E-state index contributed by atoms with van der Waals surface area (Å²) in [7, 11) is 0. The van der Waals surface area contributed by atoms with Crippen molar-refractivity contribution >= 4 is 0 Å². The Hall–Kier alpha value is -0.940. The van der Waals surface area contributed by atoms with Crippen LogP contribution in [0.1, 0.15) is 32.5 Å². The first-order valence-electron chi connectivity index (χ1n) is 6.57. The zero-order valence-electron chi connectivity index (χ0n) is 10.8. The third kappa shape index (κ3) is 3.78. The van der Waals surface area contributed by atoms with Gasteiger partial charge in [0.15, 0.2) is 0 Å². The minimum Gasteiger partial charge on any atom is -0.313 e. The van der Waals surface area contributed by atoms with Gasteiger partial charge in [0.1, 0.15) is 12.2 Å².